The standard InChI is InChI=1S/C10H7Cl2N5O2/c11-8-14-9(12)16-10(15-8)13-5-6-1-3-7(4-2-6)17(18)19/h1-4H,5H2,(H,13,14,15,16). The summed E-state index contributed by atoms with van der Waals surface area (Å²) in [6.07, 6.45) is 0. The van der Waals surface area contributed by atoms with Crippen LogP contribution >= 0.6 is 23.2 Å². The van der Waals surface area contributed by atoms with Crippen molar-refractivity contribution < 1.29 is 4.92 Å². The van der Waals surface area contributed by atoms with E-state index in [1.54, 1.807) is 12.1 Å². The van der Waals surface area contributed by atoms with Crippen molar-refractivity contribution in [2.75, 3.05) is 5.32 Å². The number of nitrogens with one attached hydrogen (secondary N) is 1. The summed E-state index contributed by atoms with van der Waals surface area (Å²) in [5.41, 5.74) is 0.869. The molecule has 1 N–H and O–H groups in total. The highest BCUT2D eigenvalue weighted by atomic mass is 35.5. The van der Waals surface area contributed by atoms with E-state index in [-0.39, 0.29) is 22.2 Å². The molecule has 0 bridgehead atoms. The van der Waals surface area contributed by atoms with Crippen molar-refractivity contribution >= 4 is 34.8 Å². The highest BCUT2D eigenvalue weighted by molar-refractivity contribution is 6.31. The van der Waals surface area contributed by atoms with Crippen LogP contribution in [-0.2, 0) is 6.54 Å². The third kappa shape index (κ3) is 3.73. The quantitative estimate of drug-likeness (QED) is 0.689. The zero-order valence-corrected chi connectivity index (χ0v) is 10.9. The van der Waals surface area contributed by atoms with Crippen LogP contribution in [0.1, 0.15) is 5.56 Å². The van der Waals surface area contributed by atoms with E-state index in [1.165, 1.54) is 12.1 Å². The number of rotatable bonds is 4. The largest absolute Gasteiger partial charge is 0.350 e. The molecule has 98 valence electrons. The van der Waals surface area contributed by atoms with Crippen LogP contribution < -0.4 is 5.32 Å². The second-order valence-corrected chi connectivity index (χ2v) is 4.15. The molecule has 1 heterocycles. The van der Waals surface area contributed by atoms with Gasteiger partial charge in [-0.15, -0.1) is 0 Å². The van der Waals surface area contributed by atoms with E-state index in [0.29, 0.717) is 6.54 Å². The average molecular weight is 300 g/mol. The third-order valence-corrected chi connectivity index (χ3v) is 2.52. The minimum atomic E-state index is -0.456. The summed E-state index contributed by atoms with van der Waals surface area (Å²) >= 11 is 11.3. The van der Waals surface area contributed by atoms with Crippen molar-refractivity contribution in [2.24, 2.45) is 0 Å². The number of nitrogens with zero attached hydrogens (tertiary/aromatic N) is 4. The van der Waals surface area contributed by atoms with E-state index < -0.39 is 4.92 Å². The van der Waals surface area contributed by atoms with Gasteiger partial charge in [0.25, 0.3) is 5.69 Å². The van der Waals surface area contributed by atoms with Gasteiger partial charge in [0, 0.05) is 18.7 Å². The Kier molecular flexibility index (Phi) is 4.08. The molecule has 0 saturated carbocycles. The van der Waals surface area contributed by atoms with Gasteiger partial charge in [0.15, 0.2) is 0 Å². The number of non-ortho nitro benzene ring substituents is 1. The molecule has 0 aliphatic rings. The Morgan fingerprint density at radius 3 is 2.21 bits per heavy atom. The molecule has 0 spiro atoms. The topological polar surface area (TPSA) is 93.8 Å². The van der Waals surface area contributed by atoms with Crippen molar-refractivity contribution in [3.05, 3.63) is 50.5 Å². The lowest BCUT2D eigenvalue weighted by molar-refractivity contribution is -0.384. The summed E-state index contributed by atoms with van der Waals surface area (Å²) < 4.78 is 0. The first-order valence-corrected chi connectivity index (χ1v) is 5.84. The van der Waals surface area contributed by atoms with Crippen LogP contribution in [-0.4, -0.2) is 19.9 Å². The molecule has 0 saturated heterocycles. The molecule has 0 fully saturated rings. The first kappa shape index (κ1) is 13.4. The van der Waals surface area contributed by atoms with Crippen LogP contribution in [0.4, 0.5) is 11.6 Å². The van der Waals surface area contributed by atoms with Crippen molar-refractivity contribution in [1.82, 2.24) is 15.0 Å². The summed E-state index contributed by atoms with van der Waals surface area (Å²) in [4.78, 5) is 21.3. The summed E-state index contributed by atoms with van der Waals surface area (Å²) in [6, 6.07) is 6.11. The van der Waals surface area contributed by atoms with Crippen molar-refractivity contribution in [1.29, 1.82) is 0 Å². The summed E-state index contributed by atoms with van der Waals surface area (Å²) in [7, 11) is 0. The maximum absolute atomic E-state index is 10.5. The molecule has 1 aromatic carbocycles. The van der Waals surface area contributed by atoms with Crippen LogP contribution in [0.3, 0.4) is 0 Å². The maximum Gasteiger partial charge on any atom is 0.269 e. The number of hydrogen-bond acceptors (Lipinski definition) is 6. The first-order chi connectivity index (χ1) is 9.04. The number of benzene rings is 1. The SMILES string of the molecule is O=[N+]([O-])c1ccc(CNc2nc(Cl)nc(Cl)n2)cc1. The van der Waals surface area contributed by atoms with E-state index in [9.17, 15) is 10.1 Å². The molecule has 7 nitrogen and oxygen atoms in total. The Morgan fingerprint density at radius 1 is 1.11 bits per heavy atom. The predicted octanol–water partition coefficient (Wildman–Crippen LogP) is 2.70. The van der Waals surface area contributed by atoms with Gasteiger partial charge < -0.3 is 5.32 Å². The predicted molar refractivity (Wildman–Crippen MR) is 70.3 cm³/mol. The number of anilines is 1. The Morgan fingerprint density at radius 2 is 1.68 bits per heavy atom. The Labute approximate surface area is 117 Å². The van der Waals surface area contributed by atoms with E-state index in [2.05, 4.69) is 20.3 Å². The fourth-order valence-electron chi connectivity index (χ4n) is 1.32. The fourth-order valence-corrected chi connectivity index (χ4v) is 1.69. The van der Waals surface area contributed by atoms with Crippen LogP contribution in [0.5, 0.6) is 0 Å². The van der Waals surface area contributed by atoms with E-state index in [0.717, 1.165) is 5.56 Å². The van der Waals surface area contributed by atoms with Gasteiger partial charge in [0.1, 0.15) is 0 Å². The van der Waals surface area contributed by atoms with Crippen molar-refractivity contribution in [3.8, 4) is 0 Å². The Hall–Kier alpha value is -1.99. The molecule has 0 amide bonds. The highest BCUT2D eigenvalue weighted by Gasteiger charge is 2.05. The number of halogens is 2. The van der Waals surface area contributed by atoms with Gasteiger partial charge in [-0.1, -0.05) is 12.1 Å². The molecule has 2 rings (SSSR count). The lowest BCUT2D eigenvalue weighted by atomic mass is 10.2. The van der Waals surface area contributed by atoms with E-state index >= 15 is 0 Å². The molecule has 0 atom stereocenters. The third-order valence-electron chi connectivity index (χ3n) is 2.18. The highest BCUT2D eigenvalue weighted by Crippen LogP contribution is 2.14. The first-order valence-electron chi connectivity index (χ1n) is 5.09. The van der Waals surface area contributed by atoms with Crippen LogP contribution in [0.2, 0.25) is 10.6 Å². The number of nitro groups is 1. The van der Waals surface area contributed by atoms with Crippen molar-refractivity contribution in [3.63, 3.8) is 0 Å². The average Bonchev–Trinajstić information content (AvgIpc) is 2.36. The molecule has 0 radical (unpaired) electrons. The number of nitro benzene ring substituents is 1. The molecule has 1 aromatic heterocycles. The monoisotopic (exact) mass is 299 g/mol. The van der Waals surface area contributed by atoms with Crippen molar-refractivity contribution in [2.45, 2.75) is 6.54 Å². The number of aromatic nitrogens is 3. The summed E-state index contributed by atoms with van der Waals surface area (Å²) in [5.74, 6) is 0.239. The Bertz CT molecular complexity index is 585. The summed E-state index contributed by atoms with van der Waals surface area (Å²) in [6.45, 7) is 0.384. The van der Waals surface area contributed by atoms with Crippen LogP contribution in [0.15, 0.2) is 24.3 Å². The molecule has 2 aromatic rings. The van der Waals surface area contributed by atoms with Gasteiger partial charge in [0.05, 0.1) is 4.92 Å². The second kappa shape index (κ2) is 5.77. The fraction of sp³-hybridized carbons (Fsp3) is 0.100. The Balaban J connectivity index is 2.03. The molecular weight excluding hydrogens is 293 g/mol. The van der Waals surface area contributed by atoms with Gasteiger partial charge in [0.2, 0.25) is 16.5 Å². The van der Waals surface area contributed by atoms with E-state index in [4.69, 9.17) is 23.2 Å². The molecule has 0 unspecified atom stereocenters. The molecule has 19 heavy (non-hydrogen) atoms. The van der Waals surface area contributed by atoms with Gasteiger partial charge >= 0.3 is 0 Å². The molecule has 0 aliphatic heterocycles. The summed E-state index contributed by atoms with van der Waals surface area (Å²) in [5, 5.41) is 13.4. The van der Waals surface area contributed by atoms with Gasteiger partial charge in [-0.25, -0.2) is 0 Å². The van der Waals surface area contributed by atoms with Gasteiger partial charge in [-0.2, -0.15) is 15.0 Å². The minimum Gasteiger partial charge on any atom is -0.350 e. The lowest BCUT2D eigenvalue weighted by Gasteiger charge is -2.04. The molecule has 0 aliphatic carbocycles. The van der Waals surface area contributed by atoms with Gasteiger partial charge in [-0.3, -0.25) is 10.1 Å². The maximum atomic E-state index is 10.5. The normalized spacial score (nSPS) is 10.2. The zero-order valence-electron chi connectivity index (χ0n) is 9.38. The molecule has 9 heteroatoms. The van der Waals surface area contributed by atoms with Crippen LogP contribution in [0.25, 0.3) is 0 Å². The van der Waals surface area contributed by atoms with Crippen LogP contribution in [0, 0.1) is 10.1 Å². The number of hydrogen-bond donors (Lipinski definition) is 1. The zero-order chi connectivity index (χ0) is 13.8. The van der Waals surface area contributed by atoms with E-state index in [1.807, 2.05) is 0 Å². The minimum absolute atomic E-state index is 0.00815. The smallest absolute Gasteiger partial charge is 0.269 e. The lowest BCUT2D eigenvalue weighted by Crippen LogP contribution is -2.04. The van der Waals surface area contributed by atoms with Gasteiger partial charge in [-0.05, 0) is 28.8 Å². The molecular formula is C10H7Cl2N5O2. The second-order valence-electron chi connectivity index (χ2n) is 3.47.